The molecule has 2 aromatic rings. The number of carbonyl (C=O) groups excluding carboxylic acids is 1. The highest BCUT2D eigenvalue weighted by Crippen LogP contribution is 2.32. The van der Waals surface area contributed by atoms with Crippen LogP contribution in [0.25, 0.3) is 11.0 Å². The molecule has 6 heteroatoms. The van der Waals surface area contributed by atoms with Gasteiger partial charge in [-0.3, -0.25) is 14.9 Å². The van der Waals surface area contributed by atoms with Gasteiger partial charge in [0.25, 0.3) is 0 Å². The molecule has 0 fully saturated rings. The number of methoxy groups -OCH3 is 1. The van der Waals surface area contributed by atoms with Crippen LogP contribution in [0.2, 0.25) is 0 Å². The van der Waals surface area contributed by atoms with E-state index in [0.29, 0.717) is 6.42 Å². The Morgan fingerprint density at radius 1 is 1.50 bits per heavy atom. The molecule has 1 aromatic heterocycles. The first kappa shape index (κ1) is 14.9. The Bertz CT molecular complexity index is 680. The van der Waals surface area contributed by atoms with Crippen LogP contribution in [-0.2, 0) is 17.8 Å². The molecule has 0 atom stereocenters. The van der Waals surface area contributed by atoms with Gasteiger partial charge in [0.05, 0.1) is 13.7 Å². The van der Waals surface area contributed by atoms with E-state index in [1.54, 1.807) is 12.6 Å². The lowest BCUT2D eigenvalue weighted by Crippen LogP contribution is -2.31. The van der Waals surface area contributed by atoms with Crippen molar-refractivity contribution >= 4 is 16.9 Å². The fourth-order valence-electron chi connectivity index (χ4n) is 2.97. The molecule has 0 radical (unpaired) electrons. The molecule has 1 aromatic carbocycles. The third-order valence-corrected chi connectivity index (χ3v) is 4.13. The van der Waals surface area contributed by atoms with E-state index in [-0.39, 0.29) is 5.91 Å². The number of benzene rings is 1. The molecule has 0 spiro atoms. The fraction of sp³-hybridized carbons (Fsp3) is 0.438. The van der Waals surface area contributed by atoms with Crippen LogP contribution in [0.4, 0.5) is 0 Å². The smallest absolute Gasteiger partial charge is 0.243 e. The van der Waals surface area contributed by atoms with Crippen molar-refractivity contribution in [3.63, 3.8) is 0 Å². The van der Waals surface area contributed by atoms with Gasteiger partial charge in [-0.25, -0.2) is 5.48 Å². The molecule has 0 saturated carbocycles. The SMILES string of the molecule is COc1ccc2c3c(oc2c1)CN(CCCC(=O)NO)CC3. The Morgan fingerprint density at radius 2 is 2.36 bits per heavy atom. The quantitative estimate of drug-likeness (QED) is 0.653. The lowest BCUT2D eigenvalue weighted by Gasteiger charge is -2.25. The minimum absolute atomic E-state index is 0.331. The zero-order valence-corrected chi connectivity index (χ0v) is 12.6. The lowest BCUT2D eigenvalue weighted by molar-refractivity contribution is -0.129. The monoisotopic (exact) mass is 304 g/mol. The van der Waals surface area contributed by atoms with Gasteiger partial charge in [-0.15, -0.1) is 0 Å². The first-order chi connectivity index (χ1) is 10.7. The Hall–Kier alpha value is -2.05. The zero-order chi connectivity index (χ0) is 15.5. The van der Waals surface area contributed by atoms with Gasteiger partial charge in [-0.1, -0.05) is 0 Å². The summed E-state index contributed by atoms with van der Waals surface area (Å²) in [5.74, 6) is 1.46. The van der Waals surface area contributed by atoms with Crippen molar-refractivity contribution in [2.24, 2.45) is 0 Å². The average Bonchev–Trinajstić information content (AvgIpc) is 2.91. The van der Waals surface area contributed by atoms with Gasteiger partial charge < -0.3 is 9.15 Å². The number of nitrogens with zero attached hydrogens (tertiary/aromatic N) is 1. The number of carbonyl (C=O) groups is 1. The molecule has 6 nitrogen and oxygen atoms in total. The molecule has 22 heavy (non-hydrogen) atoms. The Labute approximate surface area is 128 Å². The molecule has 0 unspecified atom stereocenters. The van der Waals surface area contributed by atoms with E-state index >= 15 is 0 Å². The van der Waals surface area contributed by atoms with Crippen LogP contribution in [0.15, 0.2) is 22.6 Å². The molecular weight excluding hydrogens is 284 g/mol. The number of hydroxylamine groups is 1. The van der Waals surface area contributed by atoms with E-state index in [0.717, 1.165) is 55.0 Å². The van der Waals surface area contributed by atoms with E-state index in [1.165, 1.54) is 5.56 Å². The Kier molecular flexibility index (Phi) is 4.31. The predicted octanol–water partition coefficient (Wildman–Crippen LogP) is 2.09. The zero-order valence-electron chi connectivity index (χ0n) is 12.6. The van der Waals surface area contributed by atoms with Crippen molar-refractivity contribution in [1.29, 1.82) is 0 Å². The van der Waals surface area contributed by atoms with Crippen LogP contribution in [0.5, 0.6) is 5.75 Å². The molecule has 3 rings (SSSR count). The van der Waals surface area contributed by atoms with Crippen molar-refractivity contribution in [2.45, 2.75) is 25.8 Å². The molecule has 2 heterocycles. The van der Waals surface area contributed by atoms with Gasteiger partial charge in [0.15, 0.2) is 0 Å². The Morgan fingerprint density at radius 3 is 3.14 bits per heavy atom. The summed E-state index contributed by atoms with van der Waals surface area (Å²) in [6.45, 7) is 2.52. The third-order valence-electron chi connectivity index (χ3n) is 4.13. The van der Waals surface area contributed by atoms with Gasteiger partial charge in [-0.05, 0) is 31.5 Å². The lowest BCUT2D eigenvalue weighted by atomic mass is 10.0. The second-order valence-corrected chi connectivity index (χ2v) is 5.53. The first-order valence-electron chi connectivity index (χ1n) is 7.45. The number of nitrogens with one attached hydrogen (secondary N) is 1. The number of rotatable bonds is 5. The van der Waals surface area contributed by atoms with E-state index < -0.39 is 0 Å². The second kappa shape index (κ2) is 6.37. The molecule has 1 aliphatic heterocycles. The summed E-state index contributed by atoms with van der Waals surface area (Å²) in [5.41, 5.74) is 3.81. The van der Waals surface area contributed by atoms with Gasteiger partial charge in [0.2, 0.25) is 5.91 Å². The number of fused-ring (bicyclic) bond motifs is 3. The molecule has 1 amide bonds. The number of hydrogen-bond donors (Lipinski definition) is 2. The van der Waals surface area contributed by atoms with Crippen molar-refractivity contribution < 1.29 is 19.2 Å². The highest BCUT2D eigenvalue weighted by atomic mass is 16.5. The van der Waals surface area contributed by atoms with Gasteiger partial charge in [0, 0.05) is 30.0 Å². The summed E-state index contributed by atoms with van der Waals surface area (Å²) < 4.78 is 11.2. The van der Waals surface area contributed by atoms with E-state index in [1.807, 2.05) is 12.1 Å². The van der Waals surface area contributed by atoms with Crippen LogP contribution in [0, 0.1) is 0 Å². The predicted molar refractivity (Wildman–Crippen MR) is 80.9 cm³/mol. The van der Waals surface area contributed by atoms with Gasteiger partial charge in [0.1, 0.15) is 17.1 Å². The maximum atomic E-state index is 11.0. The van der Waals surface area contributed by atoms with Crippen molar-refractivity contribution in [2.75, 3.05) is 20.2 Å². The van der Waals surface area contributed by atoms with Crippen LogP contribution in [-0.4, -0.2) is 36.2 Å². The van der Waals surface area contributed by atoms with Crippen molar-refractivity contribution in [3.8, 4) is 5.75 Å². The summed E-state index contributed by atoms with van der Waals surface area (Å²) in [4.78, 5) is 13.3. The highest BCUT2D eigenvalue weighted by molar-refractivity contribution is 5.83. The van der Waals surface area contributed by atoms with Gasteiger partial charge in [-0.2, -0.15) is 0 Å². The first-order valence-corrected chi connectivity index (χ1v) is 7.45. The summed E-state index contributed by atoms with van der Waals surface area (Å²) in [6.07, 6.45) is 1.99. The standard InChI is InChI=1S/C16H20N2O4/c1-21-11-4-5-12-13-6-8-18(7-2-3-16(19)17-20)10-15(13)22-14(12)9-11/h4-5,9,20H,2-3,6-8,10H2,1H3,(H,17,19). The molecule has 0 saturated heterocycles. The number of ether oxygens (including phenoxy) is 1. The second-order valence-electron chi connectivity index (χ2n) is 5.53. The van der Waals surface area contributed by atoms with Crippen molar-refractivity contribution in [1.82, 2.24) is 10.4 Å². The van der Waals surface area contributed by atoms with Crippen LogP contribution in [0.1, 0.15) is 24.2 Å². The maximum Gasteiger partial charge on any atom is 0.243 e. The largest absolute Gasteiger partial charge is 0.497 e. The molecule has 0 aliphatic carbocycles. The topological polar surface area (TPSA) is 74.9 Å². The summed E-state index contributed by atoms with van der Waals surface area (Å²) in [7, 11) is 1.65. The van der Waals surface area contributed by atoms with E-state index in [4.69, 9.17) is 14.4 Å². The normalized spacial score (nSPS) is 14.8. The number of amides is 1. The molecule has 2 N–H and O–H groups in total. The third kappa shape index (κ3) is 2.93. The molecule has 1 aliphatic rings. The van der Waals surface area contributed by atoms with Crippen LogP contribution < -0.4 is 10.2 Å². The van der Waals surface area contributed by atoms with E-state index in [2.05, 4.69) is 11.0 Å². The Balaban J connectivity index is 1.69. The average molecular weight is 304 g/mol. The molecule has 118 valence electrons. The fourth-order valence-corrected chi connectivity index (χ4v) is 2.97. The highest BCUT2D eigenvalue weighted by Gasteiger charge is 2.22. The minimum atomic E-state index is -0.339. The van der Waals surface area contributed by atoms with Crippen LogP contribution >= 0.6 is 0 Å². The number of furan rings is 1. The van der Waals surface area contributed by atoms with Crippen molar-refractivity contribution in [3.05, 3.63) is 29.5 Å². The molecular formula is C16H20N2O4. The summed E-state index contributed by atoms with van der Waals surface area (Å²) in [5, 5.41) is 9.65. The maximum absolute atomic E-state index is 11.0. The van der Waals surface area contributed by atoms with Crippen LogP contribution in [0.3, 0.4) is 0 Å². The summed E-state index contributed by atoms with van der Waals surface area (Å²) >= 11 is 0. The van der Waals surface area contributed by atoms with E-state index in [9.17, 15) is 4.79 Å². The minimum Gasteiger partial charge on any atom is -0.497 e. The number of hydrogen-bond acceptors (Lipinski definition) is 5. The molecule has 0 bridgehead atoms. The van der Waals surface area contributed by atoms with Gasteiger partial charge >= 0.3 is 0 Å². The summed E-state index contributed by atoms with van der Waals surface area (Å²) in [6, 6.07) is 5.93.